The van der Waals surface area contributed by atoms with Crippen molar-refractivity contribution in [2.24, 2.45) is 11.7 Å². The van der Waals surface area contributed by atoms with E-state index >= 15 is 0 Å². The first-order valence-electron chi connectivity index (χ1n) is 7.53. The Kier molecular flexibility index (Phi) is 10.5. The standard InChI is InChI=1S/C16H27F3N2O/c1-4-7-14(8-5-2)9-6-10-15(22-3)11-12-21(13-20)16(17,18)19/h6,9-12,14H,4-5,7-8,13,20H2,1-3H3/b9-6+,12-11-,15-10+. The molecule has 0 bridgehead atoms. The van der Waals surface area contributed by atoms with E-state index < -0.39 is 13.0 Å². The fourth-order valence-corrected chi connectivity index (χ4v) is 1.99. The van der Waals surface area contributed by atoms with Crippen LogP contribution in [0.5, 0.6) is 0 Å². The van der Waals surface area contributed by atoms with E-state index in [2.05, 4.69) is 19.9 Å². The molecule has 2 N–H and O–H groups in total. The highest BCUT2D eigenvalue weighted by Crippen LogP contribution is 2.20. The van der Waals surface area contributed by atoms with Crippen molar-refractivity contribution in [2.45, 2.75) is 45.8 Å². The second kappa shape index (κ2) is 11.2. The first-order valence-corrected chi connectivity index (χ1v) is 7.53. The fraction of sp³-hybridized carbons (Fsp3) is 0.625. The smallest absolute Gasteiger partial charge is 0.485 e. The fourth-order valence-electron chi connectivity index (χ4n) is 1.99. The van der Waals surface area contributed by atoms with Crippen LogP contribution in [0.4, 0.5) is 13.2 Å². The monoisotopic (exact) mass is 320 g/mol. The lowest BCUT2D eigenvalue weighted by atomic mass is 9.98. The highest BCUT2D eigenvalue weighted by Gasteiger charge is 2.33. The molecule has 0 aromatic heterocycles. The molecule has 22 heavy (non-hydrogen) atoms. The van der Waals surface area contributed by atoms with E-state index in [4.69, 9.17) is 10.5 Å². The van der Waals surface area contributed by atoms with Gasteiger partial charge in [-0.05, 0) is 30.9 Å². The Morgan fingerprint density at radius 1 is 1.23 bits per heavy atom. The predicted octanol–water partition coefficient (Wildman–Crippen LogP) is 4.54. The van der Waals surface area contributed by atoms with Crippen LogP contribution in [0, 0.1) is 5.92 Å². The Balaban J connectivity index is 4.80. The van der Waals surface area contributed by atoms with E-state index in [9.17, 15) is 13.2 Å². The van der Waals surface area contributed by atoms with Gasteiger partial charge < -0.3 is 10.5 Å². The number of allylic oxidation sites excluding steroid dienone is 4. The van der Waals surface area contributed by atoms with Crippen LogP contribution in [0.15, 0.2) is 36.3 Å². The summed E-state index contributed by atoms with van der Waals surface area (Å²) >= 11 is 0. The van der Waals surface area contributed by atoms with Gasteiger partial charge in [-0.15, -0.1) is 0 Å². The molecule has 0 spiro atoms. The molecule has 0 aromatic rings. The van der Waals surface area contributed by atoms with Crippen molar-refractivity contribution in [3.8, 4) is 0 Å². The van der Waals surface area contributed by atoms with Gasteiger partial charge in [0.05, 0.1) is 13.8 Å². The molecule has 0 aliphatic rings. The minimum atomic E-state index is -4.49. The van der Waals surface area contributed by atoms with Crippen molar-refractivity contribution in [2.75, 3.05) is 13.8 Å². The normalized spacial score (nSPS) is 13.5. The van der Waals surface area contributed by atoms with Gasteiger partial charge in [0, 0.05) is 6.20 Å². The third kappa shape index (κ3) is 8.77. The summed E-state index contributed by atoms with van der Waals surface area (Å²) < 4.78 is 42.6. The third-order valence-corrected chi connectivity index (χ3v) is 3.14. The molecule has 3 nitrogen and oxygen atoms in total. The molecule has 0 aromatic carbocycles. The largest absolute Gasteiger partial charge is 0.497 e. The summed E-state index contributed by atoms with van der Waals surface area (Å²) in [5, 5.41) is 0. The number of nitrogens with two attached hydrogens (primary N) is 1. The molecular formula is C16H27F3N2O. The molecule has 0 fully saturated rings. The van der Waals surface area contributed by atoms with Gasteiger partial charge in [0.2, 0.25) is 0 Å². The number of alkyl halides is 3. The van der Waals surface area contributed by atoms with Gasteiger partial charge in [-0.3, -0.25) is 4.90 Å². The lowest BCUT2D eigenvalue weighted by molar-refractivity contribution is -0.226. The number of nitrogens with zero attached hydrogens (tertiary/aromatic N) is 1. The summed E-state index contributed by atoms with van der Waals surface area (Å²) in [6.07, 6.45) is 7.60. The molecule has 0 saturated carbocycles. The van der Waals surface area contributed by atoms with E-state index in [0.29, 0.717) is 11.7 Å². The second-order valence-electron chi connectivity index (χ2n) is 4.93. The van der Waals surface area contributed by atoms with Crippen LogP contribution in [0.2, 0.25) is 0 Å². The maximum Gasteiger partial charge on any atom is 0.485 e. The van der Waals surface area contributed by atoms with Crippen LogP contribution in [0.25, 0.3) is 0 Å². The lowest BCUT2D eigenvalue weighted by Crippen LogP contribution is -2.37. The Labute approximate surface area is 131 Å². The molecular weight excluding hydrogens is 293 g/mol. The predicted molar refractivity (Wildman–Crippen MR) is 83.6 cm³/mol. The zero-order valence-electron chi connectivity index (χ0n) is 13.6. The van der Waals surface area contributed by atoms with Crippen LogP contribution < -0.4 is 5.73 Å². The Bertz CT molecular complexity index is 370. The topological polar surface area (TPSA) is 38.5 Å². The van der Waals surface area contributed by atoms with Crippen LogP contribution in [0.3, 0.4) is 0 Å². The van der Waals surface area contributed by atoms with Crippen molar-refractivity contribution < 1.29 is 17.9 Å². The molecule has 0 unspecified atom stereocenters. The van der Waals surface area contributed by atoms with Crippen molar-refractivity contribution in [1.29, 1.82) is 0 Å². The van der Waals surface area contributed by atoms with Gasteiger partial charge in [-0.2, -0.15) is 13.2 Å². The van der Waals surface area contributed by atoms with Crippen molar-refractivity contribution in [3.05, 3.63) is 36.3 Å². The van der Waals surface area contributed by atoms with Crippen LogP contribution in [-0.4, -0.2) is 25.0 Å². The lowest BCUT2D eigenvalue weighted by Gasteiger charge is -2.20. The number of rotatable bonds is 10. The van der Waals surface area contributed by atoms with Gasteiger partial charge in [-0.25, -0.2) is 0 Å². The maximum absolute atomic E-state index is 12.5. The molecule has 0 rings (SSSR count). The summed E-state index contributed by atoms with van der Waals surface area (Å²) in [4.78, 5) is 0.0839. The van der Waals surface area contributed by atoms with Gasteiger partial charge in [0.15, 0.2) is 0 Å². The Morgan fingerprint density at radius 3 is 2.23 bits per heavy atom. The Morgan fingerprint density at radius 2 is 1.82 bits per heavy atom. The molecule has 6 heteroatoms. The summed E-state index contributed by atoms with van der Waals surface area (Å²) in [6.45, 7) is 3.63. The molecule has 0 saturated heterocycles. The number of hydrogen-bond donors (Lipinski definition) is 1. The average molecular weight is 320 g/mol. The molecule has 0 radical (unpaired) electrons. The van der Waals surface area contributed by atoms with Gasteiger partial charge in [0.25, 0.3) is 0 Å². The van der Waals surface area contributed by atoms with E-state index in [1.165, 1.54) is 13.2 Å². The van der Waals surface area contributed by atoms with Crippen LogP contribution >= 0.6 is 0 Å². The molecule has 128 valence electrons. The van der Waals surface area contributed by atoms with E-state index in [0.717, 1.165) is 31.9 Å². The van der Waals surface area contributed by atoms with E-state index in [1.54, 1.807) is 6.08 Å². The first-order chi connectivity index (χ1) is 10.4. The van der Waals surface area contributed by atoms with Crippen LogP contribution in [0.1, 0.15) is 39.5 Å². The SMILES string of the molecule is CCCC(/C=C/C=C(\C=C/N(CN)C(F)(F)F)OC)CCC. The molecule has 0 aliphatic heterocycles. The zero-order chi connectivity index (χ0) is 17.0. The highest BCUT2D eigenvalue weighted by molar-refractivity contribution is 5.18. The summed E-state index contributed by atoms with van der Waals surface area (Å²) in [5.41, 5.74) is 5.07. The molecule has 0 amide bonds. The number of ether oxygens (including phenoxy) is 1. The number of halogens is 3. The van der Waals surface area contributed by atoms with Crippen molar-refractivity contribution in [3.63, 3.8) is 0 Å². The van der Waals surface area contributed by atoms with Crippen molar-refractivity contribution >= 4 is 0 Å². The van der Waals surface area contributed by atoms with Crippen molar-refractivity contribution in [1.82, 2.24) is 4.90 Å². The van der Waals surface area contributed by atoms with E-state index in [1.807, 2.05) is 6.08 Å². The maximum atomic E-state index is 12.5. The van der Waals surface area contributed by atoms with Gasteiger partial charge in [0.1, 0.15) is 5.76 Å². The van der Waals surface area contributed by atoms with Crippen LogP contribution in [-0.2, 0) is 4.74 Å². The average Bonchev–Trinajstić information content (AvgIpc) is 2.45. The molecule has 0 heterocycles. The minimum Gasteiger partial charge on any atom is -0.497 e. The summed E-state index contributed by atoms with van der Waals surface area (Å²) in [6, 6.07) is 0. The third-order valence-electron chi connectivity index (χ3n) is 3.14. The van der Waals surface area contributed by atoms with E-state index in [-0.39, 0.29) is 4.90 Å². The zero-order valence-corrected chi connectivity index (χ0v) is 13.6. The summed E-state index contributed by atoms with van der Waals surface area (Å²) in [5.74, 6) is 0.828. The highest BCUT2D eigenvalue weighted by atomic mass is 19.4. The number of hydrogen-bond acceptors (Lipinski definition) is 3. The quantitative estimate of drug-likeness (QED) is 0.278. The van der Waals surface area contributed by atoms with Gasteiger partial charge in [-0.1, -0.05) is 38.8 Å². The molecule has 0 aliphatic carbocycles. The molecule has 0 atom stereocenters. The second-order valence-corrected chi connectivity index (χ2v) is 4.93. The Hall–Kier alpha value is -1.43. The summed E-state index contributed by atoms with van der Waals surface area (Å²) in [7, 11) is 1.42. The first kappa shape index (κ1) is 20.6. The van der Waals surface area contributed by atoms with Gasteiger partial charge >= 0.3 is 6.30 Å². The number of methoxy groups -OCH3 is 1. The minimum absolute atomic E-state index is 0.0839.